The molecule has 7 nitrogen and oxygen atoms in total. The van der Waals surface area contributed by atoms with Gasteiger partial charge < -0.3 is 19.0 Å². The van der Waals surface area contributed by atoms with E-state index in [0.717, 1.165) is 17.7 Å². The van der Waals surface area contributed by atoms with Crippen LogP contribution in [-0.4, -0.2) is 29.2 Å². The summed E-state index contributed by atoms with van der Waals surface area (Å²) in [6.07, 6.45) is 4.08. The Morgan fingerprint density at radius 3 is 2.12 bits per heavy atom. The van der Waals surface area contributed by atoms with E-state index in [4.69, 9.17) is 42.3 Å². The fourth-order valence-corrected chi connectivity index (χ4v) is 2.91. The lowest BCUT2D eigenvalue weighted by Gasteiger charge is -2.10. The standard InChI is InChI=1S/C24H25Cl2N3O4/c1-4-14-31-27-16-22-17(2)28-29(3)24(22)33-21-11-9-20(10-12-21)32-19-7-5-18(6-8-19)30-15-13-23(25)26/h5-13,16H,4,14-15H2,1-3H3. The molecule has 33 heavy (non-hydrogen) atoms. The first kappa shape index (κ1) is 24.5. The van der Waals surface area contributed by atoms with Crippen LogP contribution in [0.15, 0.2) is 64.3 Å². The van der Waals surface area contributed by atoms with Gasteiger partial charge in [0.05, 0.1) is 17.5 Å². The summed E-state index contributed by atoms with van der Waals surface area (Å²) < 4.78 is 19.3. The number of aryl methyl sites for hydroxylation is 2. The average Bonchev–Trinajstić information content (AvgIpc) is 3.06. The van der Waals surface area contributed by atoms with Crippen molar-refractivity contribution in [1.29, 1.82) is 0 Å². The van der Waals surface area contributed by atoms with Crippen LogP contribution in [0, 0.1) is 6.92 Å². The van der Waals surface area contributed by atoms with Gasteiger partial charge in [0.25, 0.3) is 0 Å². The summed E-state index contributed by atoms with van der Waals surface area (Å²) >= 11 is 11.1. The van der Waals surface area contributed by atoms with E-state index in [9.17, 15) is 0 Å². The Labute approximate surface area is 203 Å². The van der Waals surface area contributed by atoms with Gasteiger partial charge in [-0.25, -0.2) is 4.68 Å². The van der Waals surface area contributed by atoms with Gasteiger partial charge in [-0.3, -0.25) is 0 Å². The number of hydrogen-bond donors (Lipinski definition) is 0. The average molecular weight is 490 g/mol. The van der Waals surface area contributed by atoms with Crippen molar-refractivity contribution in [1.82, 2.24) is 9.78 Å². The Morgan fingerprint density at radius 1 is 0.970 bits per heavy atom. The molecule has 0 spiro atoms. The third-order valence-electron chi connectivity index (χ3n) is 4.35. The van der Waals surface area contributed by atoms with Crippen molar-refractivity contribution in [2.24, 2.45) is 12.2 Å². The molecule has 0 N–H and O–H groups in total. The summed E-state index contributed by atoms with van der Waals surface area (Å²) in [7, 11) is 1.82. The van der Waals surface area contributed by atoms with Crippen molar-refractivity contribution in [2.45, 2.75) is 20.3 Å². The zero-order chi connectivity index (χ0) is 23.6. The topological polar surface area (TPSA) is 67.1 Å². The lowest BCUT2D eigenvalue weighted by atomic mass is 10.2. The molecule has 0 unspecified atom stereocenters. The van der Waals surface area contributed by atoms with Crippen LogP contribution in [0.1, 0.15) is 24.6 Å². The Bertz CT molecular complexity index is 1090. The smallest absolute Gasteiger partial charge is 0.226 e. The molecule has 174 valence electrons. The fourth-order valence-electron chi connectivity index (χ4n) is 2.79. The van der Waals surface area contributed by atoms with Crippen LogP contribution < -0.4 is 14.2 Å². The van der Waals surface area contributed by atoms with Crippen molar-refractivity contribution in [3.63, 3.8) is 0 Å². The predicted molar refractivity (Wildman–Crippen MR) is 130 cm³/mol. The quantitative estimate of drug-likeness (QED) is 0.169. The summed E-state index contributed by atoms with van der Waals surface area (Å²) in [5, 5.41) is 8.40. The SMILES string of the molecule is CCCON=Cc1c(C)nn(C)c1Oc1ccc(Oc2ccc(OCC=C(Cl)Cl)cc2)cc1. The van der Waals surface area contributed by atoms with E-state index in [1.54, 1.807) is 29.1 Å². The molecule has 0 aliphatic rings. The van der Waals surface area contributed by atoms with Crippen LogP contribution >= 0.6 is 23.2 Å². The second kappa shape index (κ2) is 12.2. The van der Waals surface area contributed by atoms with E-state index in [1.807, 2.05) is 57.3 Å². The molecule has 1 heterocycles. The number of oxime groups is 1. The van der Waals surface area contributed by atoms with Crippen molar-refractivity contribution < 1.29 is 19.0 Å². The molecule has 0 aliphatic carbocycles. The van der Waals surface area contributed by atoms with E-state index >= 15 is 0 Å². The molecule has 2 aromatic carbocycles. The molecule has 0 atom stereocenters. The molecule has 1 aromatic heterocycles. The van der Waals surface area contributed by atoms with E-state index in [1.165, 1.54) is 0 Å². The third kappa shape index (κ3) is 7.44. The number of halogens is 2. The molecule has 9 heteroatoms. The van der Waals surface area contributed by atoms with E-state index in [0.29, 0.717) is 42.1 Å². The van der Waals surface area contributed by atoms with Crippen molar-refractivity contribution in [3.8, 4) is 28.9 Å². The first-order valence-corrected chi connectivity index (χ1v) is 11.1. The molecule has 0 radical (unpaired) electrons. The molecular weight excluding hydrogens is 465 g/mol. The minimum Gasteiger partial charge on any atom is -0.489 e. The number of aromatic nitrogens is 2. The van der Waals surface area contributed by atoms with Gasteiger partial charge in [-0.2, -0.15) is 5.10 Å². The normalized spacial score (nSPS) is 10.8. The molecule has 0 fully saturated rings. The number of nitrogens with zero attached hydrogens (tertiary/aromatic N) is 3. The fraction of sp³-hybridized carbons (Fsp3) is 0.250. The first-order valence-electron chi connectivity index (χ1n) is 10.3. The molecular formula is C24H25Cl2N3O4. The third-order valence-corrected chi connectivity index (χ3v) is 4.66. The van der Waals surface area contributed by atoms with Gasteiger partial charge in [0.2, 0.25) is 5.88 Å². The summed E-state index contributed by atoms with van der Waals surface area (Å²) in [4.78, 5) is 5.20. The maximum atomic E-state index is 6.05. The highest BCUT2D eigenvalue weighted by Crippen LogP contribution is 2.29. The lowest BCUT2D eigenvalue weighted by molar-refractivity contribution is 0.146. The Balaban J connectivity index is 1.62. The number of rotatable bonds is 11. The molecule has 0 bridgehead atoms. The van der Waals surface area contributed by atoms with Crippen molar-refractivity contribution in [2.75, 3.05) is 13.2 Å². The van der Waals surface area contributed by atoms with Crippen LogP contribution in [0.4, 0.5) is 0 Å². The van der Waals surface area contributed by atoms with Gasteiger partial charge in [-0.15, -0.1) is 0 Å². The summed E-state index contributed by atoms with van der Waals surface area (Å²) in [6.45, 7) is 4.77. The zero-order valence-electron chi connectivity index (χ0n) is 18.6. The summed E-state index contributed by atoms with van der Waals surface area (Å²) in [6, 6.07) is 14.6. The van der Waals surface area contributed by atoms with Crippen LogP contribution in [0.25, 0.3) is 0 Å². The largest absolute Gasteiger partial charge is 0.489 e. The van der Waals surface area contributed by atoms with Gasteiger partial charge in [-0.1, -0.05) is 35.3 Å². The minimum absolute atomic E-state index is 0.172. The maximum absolute atomic E-state index is 6.05. The Morgan fingerprint density at radius 2 is 1.55 bits per heavy atom. The molecule has 3 rings (SSSR count). The van der Waals surface area contributed by atoms with E-state index in [2.05, 4.69) is 10.3 Å². The van der Waals surface area contributed by atoms with Gasteiger partial charge in [0.1, 0.15) is 40.7 Å². The summed E-state index contributed by atoms with van der Waals surface area (Å²) in [5.74, 6) is 3.25. The number of hydrogen-bond acceptors (Lipinski definition) is 6. The number of ether oxygens (including phenoxy) is 3. The first-order chi connectivity index (χ1) is 16.0. The lowest BCUT2D eigenvalue weighted by Crippen LogP contribution is -1.97. The number of benzene rings is 2. The Kier molecular flexibility index (Phi) is 9.04. The van der Waals surface area contributed by atoms with E-state index in [-0.39, 0.29) is 4.49 Å². The summed E-state index contributed by atoms with van der Waals surface area (Å²) in [5.41, 5.74) is 1.56. The maximum Gasteiger partial charge on any atom is 0.226 e. The van der Waals surface area contributed by atoms with Crippen LogP contribution in [0.2, 0.25) is 0 Å². The Hall–Kier alpha value is -3.16. The van der Waals surface area contributed by atoms with Gasteiger partial charge in [-0.05, 0) is 68.0 Å². The van der Waals surface area contributed by atoms with Gasteiger partial charge in [0, 0.05) is 7.05 Å². The second-order valence-corrected chi connectivity index (χ2v) is 7.96. The second-order valence-electron chi connectivity index (χ2n) is 6.95. The van der Waals surface area contributed by atoms with Crippen LogP contribution in [0.5, 0.6) is 28.9 Å². The highest BCUT2D eigenvalue weighted by molar-refractivity contribution is 6.55. The zero-order valence-corrected chi connectivity index (χ0v) is 20.1. The van der Waals surface area contributed by atoms with Gasteiger partial charge >= 0.3 is 0 Å². The monoisotopic (exact) mass is 489 g/mol. The van der Waals surface area contributed by atoms with Gasteiger partial charge in [0.15, 0.2) is 0 Å². The molecule has 0 aliphatic heterocycles. The molecule has 0 saturated heterocycles. The van der Waals surface area contributed by atoms with Crippen molar-refractivity contribution in [3.05, 3.63) is 70.4 Å². The minimum atomic E-state index is 0.172. The van der Waals surface area contributed by atoms with Crippen molar-refractivity contribution >= 4 is 29.4 Å². The van der Waals surface area contributed by atoms with E-state index < -0.39 is 0 Å². The highest BCUT2D eigenvalue weighted by atomic mass is 35.5. The van der Waals surface area contributed by atoms with Crippen LogP contribution in [-0.2, 0) is 11.9 Å². The van der Waals surface area contributed by atoms with Crippen LogP contribution in [0.3, 0.4) is 0 Å². The molecule has 0 saturated carbocycles. The molecule has 0 amide bonds. The highest BCUT2D eigenvalue weighted by Gasteiger charge is 2.14. The molecule has 3 aromatic rings. The predicted octanol–water partition coefficient (Wildman–Crippen LogP) is 6.77.